The summed E-state index contributed by atoms with van der Waals surface area (Å²) in [5, 5.41) is 17.0. The summed E-state index contributed by atoms with van der Waals surface area (Å²) in [6.07, 6.45) is 2.31. The fourth-order valence-electron chi connectivity index (χ4n) is 2.26. The third-order valence-corrected chi connectivity index (χ3v) is 5.61. The van der Waals surface area contributed by atoms with Crippen LogP contribution in [0.5, 0.6) is 0 Å². The minimum absolute atomic E-state index is 0.159. The van der Waals surface area contributed by atoms with Gasteiger partial charge in [0.1, 0.15) is 5.01 Å². The first-order chi connectivity index (χ1) is 12.2. The molecule has 0 unspecified atom stereocenters. The van der Waals surface area contributed by atoms with E-state index in [0.29, 0.717) is 27.2 Å². The molecule has 2 N–H and O–H groups in total. The van der Waals surface area contributed by atoms with Crippen molar-refractivity contribution in [3.05, 3.63) is 57.2 Å². The van der Waals surface area contributed by atoms with Crippen molar-refractivity contribution in [3.8, 4) is 0 Å². The normalized spacial score (nSPS) is 13.4. The second-order valence-electron chi connectivity index (χ2n) is 5.68. The molecule has 6 nitrogen and oxygen atoms in total. The Kier molecular flexibility index (Phi) is 4.29. The number of carbonyl (C=O) groups is 2. The maximum Gasteiger partial charge on any atom is 0.265 e. The van der Waals surface area contributed by atoms with Crippen LogP contribution in [0, 0.1) is 0 Å². The van der Waals surface area contributed by atoms with Crippen molar-refractivity contribution >= 4 is 45.3 Å². The zero-order valence-corrected chi connectivity index (χ0v) is 14.7. The average molecular weight is 370 g/mol. The minimum atomic E-state index is -0.241. The number of nitrogens with one attached hydrogen (secondary N) is 2. The predicted molar refractivity (Wildman–Crippen MR) is 98.6 cm³/mol. The summed E-state index contributed by atoms with van der Waals surface area (Å²) < 4.78 is 0. The summed E-state index contributed by atoms with van der Waals surface area (Å²) in [7, 11) is 0. The average Bonchev–Trinajstić information content (AvgIpc) is 3.12. The van der Waals surface area contributed by atoms with E-state index in [1.165, 1.54) is 22.7 Å². The summed E-state index contributed by atoms with van der Waals surface area (Å²) in [4.78, 5) is 24.9. The number of nitrogens with zero attached hydrogens (tertiary/aromatic N) is 2. The van der Waals surface area contributed by atoms with Crippen LogP contribution in [0.4, 0.5) is 10.8 Å². The number of anilines is 2. The fraction of sp³-hybridized carbons (Fsp3) is 0.176. The Morgan fingerprint density at radius 1 is 1.00 bits per heavy atom. The molecule has 8 heteroatoms. The highest BCUT2D eigenvalue weighted by Crippen LogP contribution is 2.42. The Bertz CT molecular complexity index is 899. The van der Waals surface area contributed by atoms with Crippen molar-refractivity contribution in [3.63, 3.8) is 0 Å². The van der Waals surface area contributed by atoms with E-state index in [0.717, 1.165) is 17.8 Å². The van der Waals surface area contributed by atoms with E-state index in [-0.39, 0.29) is 11.8 Å². The molecule has 2 aromatic heterocycles. The van der Waals surface area contributed by atoms with Crippen LogP contribution < -0.4 is 10.6 Å². The topological polar surface area (TPSA) is 84.0 Å². The molecule has 0 atom stereocenters. The van der Waals surface area contributed by atoms with Crippen molar-refractivity contribution in [2.24, 2.45) is 0 Å². The summed E-state index contributed by atoms with van der Waals surface area (Å²) in [6.45, 7) is 0. The van der Waals surface area contributed by atoms with Gasteiger partial charge in [-0.1, -0.05) is 17.4 Å². The van der Waals surface area contributed by atoms with E-state index in [9.17, 15) is 9.59 Å². The zero-order valence-electron chi connectivity index (χ0n) is 13.1. The molecule has 0 spiro atoms. The number of hydrogen-bond donors (Lipinski definition) is 2. The molecule has 1 aliphatic carbocycles. The lowest BCUT2D eigenvalue weighted by Crippen LogP contribution is -2.13. The van der Waals surface area contributed by atoms with Gasteiger partial charge in [0.05, 0.1) is 4.88 Å². The molecular weight excluding hydrogens is 356 g/mol. The highest BCUT2D eigenvalue weighted by atomic mass is 32.1. The Labute approximate surface area is 151 Å². The second kappa shape index (κ2) is 6.73. The maximum atomic E-state index is 12.3. The van der Waals surface area contributed by atoms with Crippen molar-refractivity contribution < 1.29 is 9.59 Å². The second-order valence-corrected chi connectivity index (χ2v) is 7.64. The van der Waals surface area contributed by atoms with E-state index in [1.54, 1.807) is 30.3 Å². The molecule has 25 heavy (non-hydrogen) atoms. The van der Waals surface area contributed by atoms with Gasteiger partial charge < -0.3 is 5.32 Å². The Morgan fingerprint density at radius 3 is 2.48 bits per heavy atom. The number of carbonyl (C=O) groups excluding carboxylic acids is 2. The van der Waals surface area contributed by atoms with Gasteiger partial charge in [-0.2, -0.15) is 0 Å². The van der Waals surface area contributed by atoms with Gasteiger partial charge in [-0.3, -0.25) is 14.9 Å². The first-order valence-corrected chi connectivity index (χ1v) is 9.48. The first-order valence-electron chi connectivity index (χ1n) is 7.79. The van der Waals surface area contributed by atoms with Gasteiger partial charge in [0, 0.05) is 17.2 Å². The number of thiophene rings is 1. The molecule has 3 aromatic rings. The van der Waals surface area contributed by atoms with Gasteiger partial charge >= 0.3 is 0 Å². The van der Waals surface area contributed by atoms with Crippen LogP contribution in [-0.2, 0) is 0 Å². The van der Waals surface area contributed by atoms with Gasteiger partial charge in [0.2, 0.25) is 5.13 Å². The Morgan fingerprint density at radius 2 is 1.80 bits per heavy atom. The largest absolute Gasteiger partial charge is 0.321 e. The summed E-state index contributed by atoms with van der Waals surface area (Å²) >= 11 is 2.81. The number of aromatic nitrogens is 2. The summed E-state index contributed by atoms with van der Waals surface area (Å²) in [6, 6.07) is 10.3. The zero-order chi connectivity index (χ0) is 17.2. The van der Waals surface area contributed by atoms with Crippen molar-refractivity contribution in [2.45, 2.75) is 18.8 Å². The highest BCUT2D eigenvalue weighted by Gasteiger charge is 2.27. The molecule has 0 bridgehead atoms. The quantitative estimate of drug-likeness (QED) is 0.711. The molecule has 0 aliphatic heterocycles. The Hall–Kier alpha value is -2.58. The van der Waals surface area contributed by atoms with Crippen LogP contribution in [0.25, 0.3) is 0 Å². The molecule has 126 valence electrons. The van der Waals surface area contributed by atoms with Crippen LogP contribution in [-0.4, -0.2) is 22.0 Å². The van der Waals surface area contributed by atoms with E-state index in [1.807, 2.05) is 11.4 Å². The van der Waals surface area contributed by atoms with E-state index >= 15 is 0 Å². The lowest BCUT2D eigenvalue weighted by Gasteiger charge is -2.05. The third-order valence-electron chi connectivity index (χ3n) is 3.74. The monoisotopic (exact) mass is 370 g/mol. The summed E-state index contributed by atoms with van der Waals surface area (Å²) in [5.41, 5.74) is 1.14. The predicted octanol–water partition coefficient (Wildman–Crippen LogP) is 3.98. The van der Waals surface area contributed by atoms with Crippen molar-refractivity contribution in [1.82, 2.24) is 10.2 Å². The van der Waals surface area contributed by atoms with Crippen LogP contribution in [0.2, 0.25) is 0 Å². The molecule has 2 amide bonds. The molecule has 4 rings (SSSR count). The van der Waals surface area contributed by atoms with Crippen LogP contribution >= 0.6 is 22.7 Å². The maximum absolute atomic E-state index is 12.3. The lowest BCUT2D eigenvalue weighted by atomic mass is 10.2. The van der Waals surface area contributed by atoms with E-state index in [4.69, 9.17) is 0 Å². The highest BCUT2D eigenvalue weighted by molar-refractivity contribution is 7.15. The smallest absolute Gasteiger partial charge is 0.265 e. The first kappa shape index (κ1) is 15.9. The number of rotatable bonds is 5. The molecule has 2 heterocycles. The van der Waals surface area contributed by atoms with Crippen LogP contribution in [0.15, 0.2) is 41.8 Å². The standard InChI is InChI=1S/C17H14N4O2S2/c22-14(19-17-21-20-16(25-17)11-3-4-11)10-5-7-12(8-6-10)18-15(23)13-2-1-9-24-13/h1-2,5-9,11H,3-4H2,(H,18,23)(H,19,21,22). The van der Waals surface area contributed by atoms with Crippen molar-refractivity contribution in [2.75, 3.05) is 10.6 Å². The van der Waals surface area contributed by atoms with Gasteiger partial charge in [0.15, 0.2) is 0 Å². The molecule has 1 aliphatic rings. The number of hydrogen-bond acceptors (Lipinski definition) is 6. The summed E-state index contributed by atoms with van der Waals surface area (Å²) in [5.74, 6) is 0.123. The molecular formula is C17H14N4O2S2. The molecule has 1 fully saturated rings. The molecule has 1 saturated carbocycles. The molecule has 1 aromatic carbocycles. The molecule has 0 saturated heterocycles. The van der Waals surface area contributed by atoms with Gasteiger partial charge in [-0.15, -0.1) is 21.5 Å². The lowest BCUT2D eigenvalue weighted by molar-refractivity contribution is 0.102. The van der Waals surface area contributed by atoms with Gasteiger partial charge in [0.25, 0.3) is 11.8 Å². The molecule has 0 radical (unpaired) electrons. The fourth-order valence-corrected chi connectivity index (χ4v) is 3.78. The number of amides is 2. The SMILES string of the molecule is O=C(Nc1nnc(C2CC2)s1)c1ccc(NC(=O)c2cccs2)cc1. The van der Waals surface area contributed by atoms with Gasteiger partial charge in [-0.05, 0) is 48.6 Å². The van der Waals surface area contributed by atoms with Crippen molar-refractivity contribution in [1.29, 1.82) is 0 Å². The third kappa shape index (κ3) is 3.75. The Balaban J connectivity index is 1.38. The van der Waals surface area contributed by atoms with E-state index in [2.05, 4.69) is 20.8 Å². The minimum Gasteiger partial charge on any atom is -0.321 e. The number of benzene rings is 1. The van der Waals surface area contributed by atoms with Gasteiger partial charge in [-0.25, -0.2) is 0 Å². The van der Waals surface area contributed by atoms with Crippen LogP contribution in [0.1, 0.15) is 43.8 Å². The van der Waals surface area contributed by atoms with Crippen LogP contribution in [0.3, 0.4) is 0 Å². The van der Waals surface area contributed by atoms with E-state index < -0.39 is 0 Å².